The molecule has 4 heteroatoms. The van der Waals surface area contributed by atoms with Gasteiger partial charge in [0.25, 0.3) is 0 Å². The highest BCUT2D eigenvalue weighted by molar-refractivity contribution is 5.86. The zero-order valence-electron chi connectivity index (χ0n) is 20.4. The maximum Gasteiger partial charge on any atom is 0.305 e. The third-order valence-corrected chi connectivity index (χ3v) is 10.9. The quantitative estimate of drug-likeness (QED) is 0.590. The molecule has 31 heavy (non-hydrogen) atoms. The zero-order chi connectivity index (χ0) is 22.6. The molecule has 0 aliphatic heterocycles. The van der Waals surface area contributed by atoms with Crippen LogP contribution in [0.2, 0.25) is 0 Å². The van der Waals surface area contributed by atoms with E-state index in [2.05, 4.69) is 27.7 Å². The van der Waals surface area contributed by atoms with Gasteiger partial charge in [0.05, 0.1) is 13.2 Å². The molecule has 0 spiro atoms. The lowest BCUT2D eigenvalue weighted by Crippen LogP contribution is -2.60. The Hall–Kier alpha value is -0.900. The number of ketones is 1. The third kappa shape index (κ3) is 3.60. The van der Waals surface area contributed by atoms with Gasteiger partial charge >= 0.3 is 5.97 Å². The van der Waals surface area contributed by atoms with E-state index in [0.717, 1.165) is 44.9 Å². The fourth-order valence-corrected chi connectivity index (χ4v) is 9.26. The van der Waals surface area contributed by atoms with Crippen molar-refractivity contribution in [1.82, 2.24) is 0 Å². The van der Waals surface area contributed by atoms with Gasteiger partial charge in [-0.15, -0.1) is 0 Å². The molecule has 176 valence electrons. The van der Waals surface area contributed by atoms with Crippen LogP contribution in [0.1, 0.15) is 91.9 Å². The van der Waals surface area contributed by atoms with Gasteiger partial charge in [0.15, 0.2) is 0 Å². The van der Waals surface area contributed by atoms with Crippen LogP contribution in [0, 0.1) is 52.3 Å². The summed E-state index contributed by atoms with van der Waals surface area (Å²) < 4.78 is 4.87. The minimum absolute atomic E-state index is 0.109. The Morgan fingerprint density at radius 3 is 2.45 bits per heavy atom. The molecule has 10 atom stereocenters. The third-order valence-electron chi connectivity index (χ3n) is 10.9. The minimum Gasteiger partial charge on any atom is -0.469 e. The lowest BCUT2D eigenvalue weighted by atomic mass is 9.42. The van der Waals surface area contributed by atoms with E-state index in [1.165, 1.54) is 20.0 Å². The number of carbonyl (C=O) groups excluding carboxylic acids is 2. The Kier molecular flexibility index (Phi) is 6.35. The van der Waals surface area contributed by atoms with E-state index in [-0.39, 0.29) is 34.7 Å². The molecule has 0 saturated heterocycles. The second-order valence-electron chi connectivity index (χ2n) is 12.0. The molecule has 0 aromatic rings. The predicted molar refractivity (Wildman–Crippen MR) is 121 cm³/mol. The fourth-order valence-electron chi connectivity index (χ4n) is 9.26. The van der Waals surface area contributed by atoms with Crippen molar-refractivity contribution in [3.8, 4) is 0 Å². The van der Waals surface area contributed by atoms with E-state index in [9.17, 15) is 14.7 Å². The molecule has 4 fully saturated rings. The Morgan fingerprint density at radius 2 is 1.77 bits per heavy atom. The molecule has 1 N–H and O–H groups in total. The minimum atomic E-state index is -0.225. The first-order valence-corrected chi connectivity index (χ1v) is 13.0. The Bertz CT molecular complexity index is 703. The summed E-state index contributed by atoms with van der Waals surface area (Å²) >= 11 is 0. The second kappa shape index (κ2) is 8.47. The molecule has 0 bridgehead atoms. The zero-order valence-corrected chi connectivity index (χ0v) is 20.4. The Balaban J connectivity index is 1.59. The van der Waals surface area contributed by atoms with Crippen molar-refractivity contribution in [2.75, 3.05) is 7.11 Å². The highest BCUT2D eigenvalue weighted by Gasteiger charge is 2.65. The van der Waals surface area contributed by atoms with Gasteiger partial charge in [0.2, 0.25) is 0 Å². The van der Waals surface area contributed by atoms with Crippen LogP contribution in [0.25, 0.3) is 0 Å². The molecular formula is C27H44O4. The highest BCUT2D eigenvalue weighted by atomic mass is 16.5. The molecule has 0 amide bonds. The molecule has 4 aliphatic rings. The summed E-state index contributed by atoms with van der Waals surface area (Å²) in [5.41, 5.74) is 0.413. The van der Waals surface area contributed by atoms with Gasteiger partial charge in [-0.2, -0.15) is 0 Å². The van der Waals surface area contributed by atoms with Crippen molar-refractivity contribution in [1.29, 1.82) is 0 Å². The fraction of sp³-hybridized carbons (Fsp3) is 0.926. The van der Waals surface area contributed by atoms with Crippen molar-refractivity contribution in [3.05, 3.63) is 0 Å². The van der Waals surface area contributed by atoms with E-state index >= 15 is 0 Å². The van der Waals surface area contributed by atoms with Crippen molar-refractivity contribution >= 4 is 11.8 Å². The van der Waals surface area contributed by atoms with Crippen LogP contribution in [-0.4, -0.2) is 30.1 Å². The maximum absolute atomic E-state index is 14.0. The number of methoxy groups -OCH3 is 1. The second-order valence-corrected chi connectivity index (χ2v) is 12.0. The summed E-state index contributed by atoms with van der Waals surface area (Å²) in [7, 11) is 1.47. The summed E-state index contributed by atoms with van der Waals surface area (Å²) in [5, 5.41) is 10.4. The predicted octanol–water partition coefficient (Wildman–Crippen LogP) is 5.41. The van der Waals surface area contributed by atoms with Crippen LogP contribution in [0.3, 0.4) is 0 Å². The lowest BCUT2D eigenvalue weighted by Gasteiger charge is -2.62. The summed E-state index contributed by atoms with van der Waals surface area (Å²) in [5.74, 6) is 3.16. The standard InChI is InChI=1S/C27H44O4/c1-6-18-22-15-17(28)11-13-27(22,4)21-12-14-26(3)19(16(2)7-10-23(29)31-5)8-9-20(26)24(21)25(18)30/h16-22,24,28H,6-15H2,1-5H3/t16-,17-,18-,19-,20?,21?,22+,24?,26-,27-/m1/s1. The summed E-state index contributed by atoms with van der Waals surface area (Å²) in [6.07, 6.45) is 9.59. The van der Waals surface area contributed by atoms with E-state index in [4.69, 9.17) is 4.74 Å². The van der Waals surface area contributed by atoms with Crippen LogP contribution in [0.4, 0.5) is 0 Å². The topological polar surface area (TPSA) is 63.6 Å². The first-order valence-electron chi connectivity index (χ1n) is 13.0. The number of esters is 1. The van der Waals surface area contributed by atoms with Crippen molar-refractivity contribution < 1.29 is 19.4 Å². The van der Waals surface area contributed by atoms with Crippen LogP contribution >= 0.6 is 0 Å². The number of ether oxygens (including phenoxy) is 1. The number of fused-ring (bicyclic) bond motifs is 5. The summed E-state index contributed by atoms with van der Waals surface area (Å²) in [6, 6.07) is 0. The summed E-state index contributed by atoms with van der Waals surface area (Å²) in [6.45, 7) is 9.42. The molecule has 4 rings (SSSR count). The molecule has 4 nitrogen and oxygen atoms in total. The molecule has 0 aromatic carbocycles. The number of Topliss-reactive ketones (excluding diaryl/α,β-unsaturated/α-hetero) is 1. The van der Waals surface area contributed by atoms with Gasteiger partial charge < -0.3 is 9.84 Å². The van der Waals surface area contributed by atoms with Gasteiger partial charge in [-0.05, 0) is 98.2 Å². The summed E-state index contributed by atoms with van der Waals surface area (Å²) in [4.78, 5) is 25.7. The highest BCUT2D eigenvalue weighted by Crippen LogP contribution is 2.68. The molecule has 3 unspecified atom stereocenters. The molecule has 4 aliphatic carbocycles. The Morgan fingerprint density at radius 1 is 1.10 bits per heavy atom. The number of aliphatic hydroxyl groups excluding tert-OH is 1. The van der Waals surface area contributed by atoms with Gasteiger partial charge in [-0.3, -0.25) is 9.59 Å². The van der Waals surface area contributed by atoms with Crippen molar-refractivity contribution in [2.45, 2.75) is 98.0 Å². The van der Waals surface area contributed by atoms with Crippen LogP contribution in [-0.2, 0) is 14.3 Å². The lowest BCUT2D eigenvalue weighted by molar-refractivity contribution is -0.173. The molecule has 0 heterocycles. The van der Waals surface area contributed by atoms with Crippen molar-refractivity contribution in [2.24, 2.45) is 52.3 Å². The van der Waals surface area contributed by atoms with Gasteiger partial charge in [-0.1, -0.05) is 27.7 Å². The average Bonchev–Trinajstić information content (AvgIpc) is 3.10. The number of carbonyl (C=O) groups is 2. The van der Waals surface area contributed by atoms with E-state index < -0.39 is 0 Å². The van der Waals surface area contributed by atoms with E-state index in [1.54, 1.807) is 0 Å². The molecule has 0 radical (unpaired) electrons. The first kappa shape index (κ1) is 23.3. The van der Waals surface area contributed by atoms with Gasteiger partial charge in [0.1, 0.15) is 5.78 Å². The number of hydrogen-bond acceptors (Lipinski definition) is 4. The Labute approximate surface area is 188 Å². The monoisotopic (exact) mass is 432 g/mol. The van der Waals surface area contributed by atoms with Gasteiger partial charge in [0, 0.05) is 18.3 Å². The largest absolute Gasteiger partial charge is 0.469 e. The number of hydrogen-bond donors (Lipinski definition) is 1. The van der Waals surface area contributed by atoms with Crippen LogP contribution < -0.4 is 0 Å². The first-order chi connectivity index (χ1) is 14.7. The molecular weight excluding hydrogens is 388 g/mol. The van der Waals surface area contributed by atoms with Crippen LogP contribution in [0.5, 0.6) is 0 Å². The van der Waals surface area contributed by atoms with E-state index in [0.29, 0.717) is 41.8 Å². The molecule has 4 saturated carbocycles. The number of rotatable bonds is 5. The average molecular weight is 433 g/mol. The molecule has 0 aromatic heterocycles. The number of aliphatic hydroxyl groups is 1. The van der Waals surface area contributed by atoms with Crippen molar-refractivity contribution in [3.63, 3.8) is 0 Å². The SMILES string of the molecule is CC[C@H]1C(=O)C2C3CC[C@H]([C@H](C)CCC(=O)OC)[C@@]3(C)CCC2[C@@]2(C)CC[C@@H](O)C[C@@H]12. The van der Waals surface area contributed by atoms with E-state index in [1.807, 2.05) is 0 Å². The van der Waals surface area contributed by atoms with Crippen LogP contribution in [0.15, 0.2) is 0 Å². The smallest absolute Gasteiger partial charge is 0.305 e. The normalized spacial score (nSPS) is 47.8. The maximum atomic E-state index is 14.0. The van der Waals surface area contributed by atoms with Gasteiger partial charge in [-0.25, -0.2) is 0 Å².